The van der Waals surface area contributed by atoms with E-state index in [2.05, 4.69) is 22.2 Å². The van der Waals surface area contributed by atoms with E-state index in [1.165, 1.54) is 11.1 Å². The number of benzene rings is 1. The number of likely N-dealkylation sites (N-methyl/N-ethyl adjacent to an activating group) is 1. The van der Waals surface area contributed by atoms with Crippen LogP contribution in [0.5, 0.6) is 0 Å². The number of rotatable bonds is 6. The molecule has 1 saturated carbocycles. The van der Waals surface area contributed by atoms with Crippen LogP contribution >= 0.6 is 0 Å². The van der Waals surface area contributed by atoms with Gasteiger partial charge in [0.15, 0.2) is 0 Å². The normalized spacial score (nSPS) is 21.8. The Morgan fingerprint density at radius 1 is 1.21 bits per heavy atom. The van der Waals surface area contributed by atoms with Crippen molar-refractivity contribution in [3.05, 3.63) is 65.1 Å². The summed E-state index contributed by atoms with van der Waals surface area (Å²) in [6, 6.07) is 5.92. The molecule has 1 saturated heterocycles. The molecule has 8 nitrogen and oxygen atoms in total. The maximum Gasteiger partial charge on any atom is 0.259 e. The Balaban J connectivity index is 1.60. The Labute approximate surface area is 194 Å². The van der Waals surface area contributed by atoms with Crippen LogP contribution in [0.4, 0.5) is 0 Å². The maximum absolute atomic E-state index is 13.3. The Bertz CT molecular complexity index is 1060. The number of nitrogens with one attached hydrogen (secondary N) is 2. The van der Waals surface area contributed by atoms with E-state index < -0.39 is 0 Å². The SMILES string of the molecule is C=C(/N=C1\C(=C/N)C=C(c2cc(C(=O)NC3CC3)ccc2C)C(=O)N1C)NC1CCOCC1. The molecule has 3 aliphatic rings. The molecule has 1 aliphatic carbocycles. The van der Waals surface area contributed by atoms with Gasteiger partial charge in [0.05, 0.1) is 0 Å². The molecule has 0 atom stereocenters. The van der Waals surface area contributed by atoms with Gasteiger partial charge in [-0.25, -0.2) is 4.99 Å². The van der Waals surface area contributed by atoms with Crippen LogP contribution in [0.1, 0.15) is 47.2 Å². The summed E-state index contributed by atoms with van der Waals surface area (Å²) in [6.07, 6.45) is 6.95. The van der Waals surface area contributed by atoms with Gasteiger partial charge in [0.1, 0.15) is 11.7 Å². The van der Waals surface area contributed by atoms with Crippen molar-refractivity contribution in [1.29, 1.82) is 0 Å². The third-order valence-corrected chi connectivity index (χ3v) is 6.13. The summed E-state index contributed by atoms with van der Waals surface area (Å²) in [5.74, 6) is 0.558. The van der Waals surface area contributed by atoms with Crippen molar-refractivity contribution in [2.45, 2.75) is 44.7 Å². The lowest BCUT2D eigenvalue weighted by Crippen LogP contribution is -2.39. The van der Waals surface area contributed by atoms with Crippen LogP contribution in [0.25, 0.3) is 5.57 Å². The minimum absolute atomic E-state index is 0.122. The summed E-state index contributed by atoms with van der Waals surface area (Å²) in [5, 5.41) is 6.30. The molecule has 0 radical (unpaired) electrons. The van der Waals surface area contributed by atoms with Crippen LogP contribution in [0.3, 0.4) is 0 Å². The number of aliphatic imine (C=N–C) groups is 1. The van der Waals surface area contributed by atoms with Gasteiger partial charge in [-0.3, -0.25) is 14.5 Å². The predicted molar refractivity (Wildman–Crippen MR) is 128 cm³/mol. The number of hydrogen-bond donors (Lipinski definition) is 3. The summed E-state index contributed by atoms with van der Waals surface area (Å²) in [7, 11) is 1.67. The molecule has 0 unspecified atom stereocenters. The number of amidine groups is 1. The monoisotopic (exact) mass is 449 g/mol. The zero-order valence-corrected chi connectivity index (χ0v) is 19.2. The van der Waals surface area contributed by atoms with Gasteiger partial charge in [0.25, 0.3) is 11.8 Å². The summed E-state index contributed by atoms with van der Waals surface area (Å²) >= 11 is 0. The van der Waals surface area contributed by atoms with Crippen molar-refractivity contribution in [3.8, 4) is 0 Å². The van der Waals surface area contributed by atoms with Gasteiger partial charge in [-0.15, -0.1) is 0 Å². The Kier molecular flexibility index (Phi) is 6.65. The smallest absolute Gasteiger partial charge is 0.259 e. The van der Waals surface area contributed by atoms with Gasteiger partial charge in [0, 0.05) is 55.3 Å². The number of amides is 2. The van der Waals surface area contributed by atoms with Gasteiger partial charge in [-0.1, -0.05) is 12.6 Å². The highest BCUT2D eigenvalue weighted by molar-refractivity contribution is 6.31. The van der Waals surface area contributed by atoms with Crippen LogP contribution in [-0.4, -0.2) is 54.9 Å². The second-order valence-electron chi connectivity index (χ2n) is 8.73. The van der Waals surface area contributed by atoms with Crippen LogP contribution in [0, 0.1) is 6.92 Å². The first-order valence-electron chi connectivity index (χ1n) is 11.3. The van der Waals surface area contributed by atoms with Gasteiger partial charge in [-0.05, 0) is 61.9 Å². The summed E-state index contributed by atoms with van der Waals surface area (Å²) in [5.41, 5.74) is 9.13. The lowest BCUT2D eigenvalue weighted by atomic mass is 9.92. The summed E-state index contributed by atoms with van der Waals surface area (Å²) in [6.45, 7) is 7.34. The third-order valence-electron chi connectivity index (χ3n) is 6.13. The van der Waals surface area contributed by atoms with Crippen molar-refractivity contribution in [1.82, 2.24) is 15.5 Å². The van der Waals surface area contributed by atoms with Crippen molar-refractivity contribution < 1.29 is 14.3 Å². The molecule has 1 aromatic carbocycles. The topological polar surface area (TPSA) is 109 Å². The highest BCUT2D eigenvalue weighted by Crippen LogP contribution is 2.29. The molecule has 2 fully saturated rings. The standard InChI is InChI=1S/C25H31N5O3/c1-15-4-5-17(24(31)29-19-6-7-19)12-21(15)22-13-18(14-26)23(30(3)25(22)32)28-16(2)27-20-8-10-33-11-9-20/h4-5,12-14,19-20,27H,2,6-11,26H2,1,3H3,(H,29,31)/b18-14-,28-23+. The molecule has 1 aromatic rings. The van der Waals surface area contributed by atoms with Crippen LogP contribution < -0.4 is 16.4 Å². The fourth-order valence-corrected chi connectivity index (χ4v) is 3.99. The van der Waals surface area contributed by atoms with Crippen molar-refractivity contribution in [3.63, 3.8) is 0 Å². The predicted octanol–water partition coefficient (Wildman–Crippen LogP) is 2.22. The van der Waals surface area contributed by atoms with Crippen LogP contribution in [0.15, 0.2) is 53.4 Å². The molecular formula is C25H31N5O3. The molecule has 0 aromatic heterocycles. The highest BCUT2D eigenvalue weighted by atomic mass is 16.5. The van der Waals surface area contributed by atoms with E-state index in [0.29, 0.717) is 47.1 Å². The first kappa shape index (κ1) is 22.8. The van der Waals surface area contributed by atoms with Gasteiger partial charge < -0.3 is 21.1 Å². The highest BCUT2D eigenvalue weighted by Gasteiger charge is 2.30. The minimum atomic E-state index is -0.221. The molecule has 4 N–H and O–H groups in total. The molecule has 2 aliphatic heterocycles. The molecular weight excluding hydrogens is 418 g/mol. The average molecular weight is 450 g/mol. The van der Waals surface area contributed by atoms with E-state index in [9.17, 15) is 9.59 Å². The summed E-state index contributed by atoms with van der Waals surface area (Å²) < 4.78 is 5.39. The number of aryl methyl sites for hydroxylation is 1. The molecule has 174 valence electrons. The number of nitrogens with zero attached hydrogens (tertiary/aromatic N) is 2. The van der Waals surface area contributed by atoms with Crippen molar-refractivity contribution in [2.75, 3.05) is 20.3 Å². The van der Waals surface area contributed by atoms with Crippen molar-refractivity contribution in [2.24, 2.45) is 10.7 Å². The fourth-order valence-electron chi connectivity index (χ4n) is 3.99. The Morgan fingerprint density at radius 2 is 1.91 bits per heavy atom. The number of carbonyl (C=O) groups excluding carboxylic acids is 2. The number of hydrogen-bond acceptors (Lipinski definition) is 6. The zero-order chi connectivity index (χ0) is 23.5. The number of nitrogens with two attached hydrogens (primary N) is 1. The largest absolute Gasteiger partial charge is 0.404 e. The molecule has 0 spiro atoms. The second-order valence-corrected chi connectivity index (χ2v) is 8.73. The fraction of sp³-hybridized carbons (Fsp3) is 0.400. The molecule has 0 bridgehead atoms. The minimum Gasteiger partial charge on any atom is -0.404 e. The lowest BCUT2D eigenvalue weighted by Gasteiger charge is -2.28. The van der Waals surface area contributed by atoms with Crippen LogP contribution in [0.2, 0.25) is 0 Å². The van der Waals surface area contributed by atoms with E-state index in [1.807, 2.05) is 13.0 Å². The van der Waals surface area contributed by atoms with Gasteiger partial charge in [0.2, 0.25) is 0 Å². The van der Waals surface area contributed by atoms with Crippen molar-refractivity contribution >= 4 is 23.2 Å². The molecule has 33 heavy (non-hydrogen) atoms. The molecule has 2 heterocycles. The Morgan fingerprint density at radius 3 is 2.58 bits per heavy atom. The quantitative estimate of drug-likeness (QED) is 0.617. The van der Waals surface area contributed by atoms with E-state index in [4.69, 9.17) is 10.5 Å². The van der Waals surface area contributed by atoms with Gasteiger partial charge >= 0.3 is 0 Å². The van der Waals surface area contributed by atoms with E-state index in [-0.39, 0.29) is 23.9 Å². The van der Waals surface area contributed by atoms with E-state index in [0.717, 1.165) is 31.2 Å². The lowest BCUT2D eigenvalue weighted by molar-refractivity contribution is -0.120. The second kappa shape index (κ2) is 9.62. The van der Waals surface area contributed by atoms with E-state index >= 15 is 0 Å². The number of carbonyl (C=O) groups is 2. The molecule has 4 rings (SSSR count). The van der Waals surface area contributed by atoms with Crippen LogP contribution in [-0.2, 0) is 9.53 Å². The molecule has 8 heteroatoms. The first-order valence-corrected chi connectivity index (χ1v) is 11.3. The maximum atomic E-state index is 13.3. The zero-order valence-electron chi connectivity index (χ0n) is 19.2. The average Bonchev–Trinajstić information content (AvgIpc) is 3.62. The van der Waals surface area contributed by atoms with E-state index in [1.54, 1.807) is 25.3 Å². The van der Waals surface area contributed by atoms with Gasteiger partial charge in [-0.2, -0.15) is 0 Å². The first-order chi connectivity index (χ1) is 15.9. The third kappa shape index (κ3) is 5.17. The Hall–Kier alpha value is -3.39. The number of ether oxygens (including phenoxy) is 1. The summed E-state index contributed by atoms with van der Waals surface area (Å²) in [4.78, 5) is 31.9. The molecule has 2 amide bonds.